The van der Waals surface area contributed by atoms with E-state index in [2.05, 4.69) is 10.1 Å². The molecule has 0 aliphatic heterocycles. The number of methoxy groups -OCH3 is 1. The average molecular weight is 281 g/mol. The summed E-state index contributed by atoms with van der Waals surface area (Å²) in [5.41, 5.74) is 0. The fourth-order valence-electron chi connectivity index (χ4n) is 1.10. The van der Waals surface area contributed by atoms with Crippen LogP contribution in [0.4, 0.5) is 0 Å². The van der Waals surface area contributed by atoms with Crippen LogP contribution in [0.15, 0.2) is 0 Å². The van der Waals surface area contributed by atoms with Gasteiger partial charge in [0.15, 0.2) is 0 Å². The Balaban J connectivity index is 4.11. The molecular formula is C10H19NO6S. The summed E-state index contributed by atoms with van der Waals surface area (Å²) in [6.45, 7) is 0.749. The zero-order chi connectivity index (χ0) is 14.1. The van der Waals surface area contributed by atoms with E-state index in [-0.39, 0.29) is 17.4 Å². The van der Waals surface area contributed by atoms with Crippen molar-refractivity contribution in [3.8, 4) is 0 Å². The van der Waals surface area contributed by atoms with Crippen LogP contribution in [0.25, 0.3) is 0 Å². The predicted octanol–water partition coefficient (Wildman–Crippen LogP) is -1.89. The molecule has 0 aromatic heterocycles. The third-order valence-corrected chi connectivity index (χ3v) is 3.21. The molecule has 0 rings (SSSR count). The number of hydrogen-bond donors (Lipinski definition) is 4. The van der Waals surface area contributed by atoms with E-state index >= 15 is 0 Å². The first-order valence-electron chi connectivity index (χ1n) is 5.32. The van der Waals surface area contributed by atoms with Crippen molar-refractivity contribution in [2.45, 2.75) is 25.2 Å². The van der Waals surface area contributed by atoms with Crippen molar-refractivity contribution in [2.75, 3.05) is 25.2 Å². The van der Waals surface area contributed by atoms with Crippen molar-refractivity contribution < 1.29 is 29.6 Å². The lowest BCUT2D eigenvalue weighted by molar-refractivity contribution is -0.144. The second kappa shape index (κ2) is 9.15. The van der Waals surface area contributed by atoms with Gasteiger partial charge in [-0.15, -0.1) is 0 Å². The summed E-state index contributed by atoms with van der Waals surface area (Å²) in [6.07, 6.45) is -2.30. The second-order valence-electron chi connectivity index (χ2n) is 3.63. The Morgan fingerprint density at radius 3 is 2.33 bits per heavy atom. The van der Waals surface area contributed by atoms with Gasteiger partial charge in [-0.3, -0.25) is 4.79 Å². The van der Waals surface area contributed by atoms with Gasteiger partial charge in [-0.2, -0.15) is 11.8 Å². The topological polar surface area (TPSA) is 116 Å². The van der Waals surface area contributed by atoms with E-state index in [1.54, 1.807) is 0 Å². The lowest BCUT2D eigenvalue weighted by atomic mass is 10.2. The summed E-state index contributed by atoms with van der Waals surface area (Å²) in [4.78, 5) is 22.2. The number of carbonyl (C=O) groups excluding carboxylic acids is 2. The molecule has 0 heterocycles. The third-order valence-electron chi connectivity index (χ3n) is 2.07. The monoisotopic (exact) mass is 281 g/mol. The molecule has 7 nitrogen and oxygen atoms in total. The highest BCUT2D eigenvalue weighted by molar-refractivity contribution is 7.99. The Bertz CT molecular complexity index is 275. The Hall–Kier alpha value is -0.830. The summed E-state index contributed by atoms with van der Waals surface area (Å²) >= 11 is 1.16. The molecule has 0 aromatic rings. The van der Waals surface area contributed by atoms with Gasteiger partial charge in [0, 0.05) is 18.4 Å². The lowest BCUT2D eigenvalue weighted by Gasteiger charge is -2.18. The first-order chi connectivity index (χ1) is 8.42. The zero-order valence-electron chi connectivity index (χ0n) is 10.3. The molecule has 0 aliphatic carbocycles. The standard InChI is InChI=1S/C10H19NO6S/c1-6(13)11-7(10(16)17-2)4-18-5-9(15)8(14)3-12/h7-9,12,14-15H,3-5H2,1-2H3,(H,11,13)/t7-,8-,9-/m0/s1. The number of aliphatic hydroxyl groups is 3. The van der Waals surface area contributed by atoms with E-state index in [0.717, 1.165) is 11.8 Å². The quantitative estimate of drug-likeness (QED) is 0.384. The van der Waals surface area contributed by atoms with Gasteiger partial charge in [0.25, 0.3) is 0 Å². The normalized spacial score (nSPS) is 15.6. The third kappa shape index (κ3) is 6.80. The number of nitrogens with one attached hydrogen (secondary N) is 1. The second-order valence-corrected chi connectivity index (χ2v) is 4.71. The SMILES string of the molecule is COC(=O)[C@H](CSC[C@H](O)[C@@H](O)CO)NC(C)=O. The van der Waals surface area contributed by atoms with E-state index in [9.17, 15) is 14.7 Å². The molecule has 0 saturated carbocycles. The zero-order valence-corrected chi connectivity index (χ0v) is 11.1. The highest BCUT2D eigenvalue weighted by Crippen LogP contribution is 2.09. The van der Waals surface area contributed by atoms with Gasteiger partial charge in [-0.05, 0) is 0 Å². The minimum absolute atomic E-state index is 0.134. The molecule has 0 unspecified atom stereocenters. The van der Waals surface area contributed by atoms with Crippen LogP contribution in [0.1, 0.15) is 6.92 Å². The molecule has 106 valence electrons. The van der Waals surface area contributed by atoms with Crippen LogP contribution in [0.2, 0.25) is 0 Å². The number of esters is 1. The van der Waals surface area contributed by atoms with Gasteiger partial charge in [0.2, 0.25) is 5.91 Å². The number of hydrogen-bond acceptors (Lipinski definition) is 7. The van der Waals surface area contributed by atoms with Crippen LogP contribution in [0.3, 0.4) is 0 Å². The van der Waals surface area contributed by atoms with E-state index in [1.165, 1.54) is 14.0 Å². The number of ether oxygens (including phenoxy) is 1. The van der Waals surface area contributed by atoms with Gasteiger partial charge in [0.1, 0.15) is 12.1 Å². The van der Waals surface area contributed by atoms with Crippen molar-refractivity contribution >= 4 is 23.6 Å². The summed E-state index contributed by atoms with van der Waals surface area (Å²) in [7, 11) is 1.21. The molecule has 8 heteroatoms. The van der Waals surface area contributed by atoms with Crippen molar-refractivity contribution in [1.29, 1.82) is 0 Å². The fraction of sp³-hybridized carbons (Fsp3) is 0.800. The molecular weight excluding hydrogens is 262 g/mol. The van der Waals surface area contributed by atoms with Gasteiger partial charge >= 0.3 is 5.97 Å². The summed E-state index contributed by atoms with van der Waals surface area (Å²) < 4.78 is 4.52. The maximum atomic E-state index is 11.3. The Kier molecular flexibility index (Phi) is 8.73. The Morgan fingerprint density at radius 2 is 1.89 bits per heavy atom. The average Bonchev–Trinajstić information content (AvgIpc) is 2.34. The molecule has 0 bridgehead atoms. The molecule has 1 amide bonds. The largest absolute Gasteiger partial charge is 0.467 e. The number of thioether (sulfide) groups is 1. The van der Waals surface area contributed by atoms with Gasteiger partial charge in [-0.1, -0.05) is 0 Å². The van der Waals surface area contributed by atoms with Crippen molar-refractivity contribution in [2.24, 2.45) is 0 Å². The van der Waals surface area contributed by atoms with E-state index in [1.807, 2.05) is 0 Å². The van der Waals surface area contributed by atoms with Crippen molar-refractivity contribution in [3.05, 3.63) is 0 Å². The smallest absolute Gasteiger partial charge is 0.329 e. The molecule has 0 fully saturated rings. The van der Waals surface area contributed by atoms with E-state index in [4.69, 9.17) is 10.2 Å². The van der Waals surface area contributed by atoms with Crippen molar-refractivity contribution in [1.82, 2.24) is 5.32 Å². The molecule has 3 atom stereocenters. The van der Waals surface area contributed by atoms with E-state index in [0.29, 0.717) is 0 Å². The van der Waals surface area contributed by atoms with Crippen LogP contribution in [0, 0.1) is 0 Å². The minimum atomic E-state index is -1.21. The summed E-state index contributed by atoms with van der Waals surface area (Å²) in [6, 6.07) is -0.795. The Labute approximate surface area is 110 Å². The van der Waals surface area contributed by atoms with Crippen LogP contribution < -0.4 is 5.32 Å². The highest BCUT2D eigenvalue weighted by Gasteiger charge is 2.21. The summed E-state index contributed by atoms with van der Waals surface area (Å²) in [5.74, 6) is -0.590. The molecule has 0 radical (unpaired) electrons. The van der Waals surface area contributed by atoms with Gasteiger partial charge in [0.05, 0.1) is 19.8 Å². The Morgan fingerprint density at radius 1 is 1.28 bits per heavy atom. The molecule has 4 N–H and O–H groups in total. The van der Waals surface area contributed by atoms with Crippen LogP contribution in [-0.4, -0.2) is 70.7 Å². The maximum absolute atomic E-state index is 11.3. The molecule has 0 spiro atoms. The maximum Gasteiger partial charge on any atom is 0.329 e. The summed E-state index contributed by atoms with van der Waals surface area (Å²) in [5, 5.41) is 29.5. The number of aliphatic hydroxyl groups excluding tert-OH is 3. The van der Waals surface area contributed by atoms with E-state index < -0.39 is 30.8 Å². The van der Waals surface area contributed by atoms with Crippen molar-refractivity contribution in [3.63, 3.8) is 0 Å². The van der Waals surface area contributed by atoms with Crippen LogP contribution >= 0.6 is 11.8 Å². The van der Waals surface area contributed by atoms with Crippen LogP contribution in [0.5, 0.6) is 0 Å². The molecule has 0 aromatic carbocycles. The number of rotatable bonds is 8. The first-order valence-corrected chi connectivity index (χ1v) is 6.47. The van der Waals surface area contributed by atoms with Gasteiger partial charge < -0.3 is 25.4 Å². The highest BCUT2D eigenvalue weighted by atomic mass is 32.2. The number of carbonyl (C=O) groups is 2. The number of amides is 1. The molecule has 18 heavy (non-hydrogen) atoms. The minimum Gasteiger partial charge on any atom is -0.467 e. The molecule has 0 saturated heterocycles. The lowest BCUT2D eigenvalue weighted by Crippen LogP contribution is -2.42. The predicted molar refractivity (Wildman–Crippen MR) is 66.0 cm³/mol. The molecule has 0 aliphatic rings. The van der Waals surface area contributed by atoms with Crippen LogP contribution in [-0.2, 0) is 14.3 Å². The fourth-order valence-corrected chi connectivity index (χ4v) is 2.15. The first kappa shape index (κ1) is 17.2. The van der Waals surface area contributed by atoms with Gasteiger partial charge in [-0.25, -0.2) is 4.79 Å².